The molecule has 6 heteroatoms. The van der Waals surface area contributed by atoms with Gasteiger partial charge in [-0.2, -0.15) is 0 Å². The van der Waals surface area contributed by atoms with Gasteiger partial charge >= 0.3 is 0 Å². The summed E-state index contributed by atoms with van der Waals surface area (Å²) in [4.78, 5) is 17.7. The lowest BCUT2D eigenvalue weighted by atomic mass is 10.1. The lowest BCUT2D eigenvalue weighted by Gasteiger charge is -2.27. The third kappa shape index (κ3) is 2.09. The molecule has 4 nitrogen and oxygen atoms in total. The van der Waals surface area contributed by atoms with Crippen molar-refractivity contribution in [2.75, 3.05) is 18.6 Å². The molecule has 1 aromatic carbocycles. The second-order valence-corrected chi connectivity index (χ2v) is 5.79. The Morgan fingerprint density at radius 2 is 2.26 bits per heavy atom. The molecule has 19 heavy (non-hydrogen) atoms. The second kappa shape index (κ2) is 4.51. The second-order valence-electron chi connectivity index (χ2n) is 4.29. The van der Waals surface area contributed by atoms with Gasteiger partial charge in [0.2, 0.25) is 0 Å². The zero-order valence-corrected chi connectivity index (χ0v) is 12.0. The van der Waals surface area contributed by atoms with E-state index in [1.807, 2.05) is 18.4 Å². The van der Waals surface area contributed by atoms with Crippen molar-refractivity contribution in [3.8, 4) is 17.0 Å². The van der Waals surface area contributed by atoms with Gasteiger partial charge in [0.15, 0.2) is 12.4 Å². The van der Waals surface area contributed by atoms with E-state index in [2.05, 4.69) is 4.98 Å². The van der Waals surface area contributed by atoms with Crippen molar-refractivity contribution in [1.29, 1.82) is 0 Å². The number of halogens is 1. The fourth-order valence-electron chi connectivity index (χ4n) is 2.02. The molecule has 0 saturated carbocycles. The molecule has 0 radical (unpaired) electrons. The predicted molar refractivity (Wildman–Crippen MR) is 76.2 cm³/mol. The van der Waals surface area contributed by atoms with Crippen molar-refractivity contribution < 1.29 is 9.53 Å². The minimum absolute atomic E-state index is 0.0429. The van der Waals surface area contributed by atoms with E-state index >= 15 is 0 Å². The van der Waals surface area contributed by atoms with Crippen LogP contribution in [0.3, 0.4) is 0 Å². The minimum Gasteiger partial charge on any atom is -0.481 e. The van der Waals surface area contributed by atoms with Crippen LogP contribution in [-0.2, 0) is 4.79 Å². The summed E-state index contributed by atoms with van der Waals surface area (Å²) in [6.45, 7) is 1.99. The number of thiazole rings is 1. The molecule has 0 N–H and O–H groups in total. The third-order valence-corrected chi connectivity index (χ3v) is 4.00. The third-order valence-electron chi connectivity index (χ3n) is 3.00. The van der Waals surface area contributed by atoms with Gasteiger partial charge in [-0.3, -0.25) is 4.79 Å². The maximum Gasteiger partial charge on any atom is 0.264 e. The lowest BCUT2D eigenvalue weighted by Crippen LogP contribution is -2.35. The summed E-state index contributed by atoms with van der Waals surface area (Å²) < 4.78 is 5.57. The van der Waals surface area contributed by atoms with Crippen LogP contribution >= 0.6 is 22.9 Å². The van der Waals surface area contributed by atoms with Crippen molar-refractivity contribution in [2.45, 2.75) is 6.92 Å². The molecule has 0 saturated heterocycles. The van der Waals surface area contributed by atoms with Crippen LogP contribution in [0, 0.1) is 6.92 Å². The van der Waals surface area contributed by atoms with Crippen LogP contribution < -0.4 is 9.64 Å². The van der Waals surface area contributed by atoms with Crippen LogP contribution in [0.5, 0.6) is 5.75 Å². The molecule has 0 aliphatic carbocycles. The van der Waals surface area contributed by atoms with Crippen LogP contribution in [0.1, 0.15) is 5.01 Å². The molecule has 1 aliphatic rings. The number of hydrogen-bond donors (Lipinski definition) is 0. The first-order valence-electron chi connectivity index (χ1n) is 5.71. The number of rotatable bonds is 1. The standard InChI is InChI=1S/C13H11ClN2O2S/c1-7-15-10(6-19-7)9-3-8(14)4-11-13(9)18-5-12(17)16(11)2/h3-4,6H,5H2,1-2H3. The number of hydrogen-bond acceptors (Lipinski definition) is 4. The lowest BCUT2D eigenvalue weighted by molar-refractivity contribution is -0.120. The molecule has 2 aromatic rings. The summed E-state index contributed by atoms with van der Waals surface area (Å²) in [5.74, 6) is 0.576. The maximum absolute atomic E-state index is 11.7. The number of carbonyl (C=O) groups excluding carboxylic acids is 1. The van der Waals surface area contributed by atoms with Crippen LogP contribution in [0.2, 0.25) is 5.02 Å². The van der Waals surface area contributed by atoms with Gasteiger partial charge in [-0.1, -0.05) is 11.6 Å². The van der Waals surface area contributed by atoms with E-state index in [0.717, 1.165) is 16.3 Å². The van der Waals surface area contributed by atoms with Crippen LogP contribution in [0.4, 0.5) is 5.69 Å². The molecule has 0 unspecified atom stereocenters. The van der Waals surface area contributed by atoms with Crippen LogP contribution in [0.15, 0.2) is 17.5 Å². The number of anilines is 1. The number of nitrogens with zero attached hydrogens (tertiary/aromatic N) is 2. The molecule has 98 valence electrons. The Labute approximate surface area is 119 Å². The summed E-state index contributed by atoms with van der Waals surface area (Å²) in [6.07, 6.45) is 0. The first kappa shape index (κ1) is 12.4. The number of aryl methyl sites for hydroxylation is 1. The van der Waals surface area contributed by atoms with E-state index in [0.29, 0.717) is 16.5 Å². The van der Waals surface area contributed by atoms with Crippen molar-refractivity contribution in [3.63, 3.8) is 0 Å². The van der Waals surface area contributed by atoms with E-state index in [9.17, 15) is 4.79 Å². The van der Waals surface area contributed by atoms with Crippen molar-refractivity contribution in [1.82, 2.24) is 4.98 Å². The number of fused-ring (bicyclic) bond motifs is 1. The van der Waals surface area contributed by atoms with Gasteiger partial charge < -0.3 is 9.64 Å². The van der Waals surface area contributed by atoms with E-state index in [4.69, 9.17) is 16.3 Å². The van der Waals surface area contributed by atoms with Gasteiger partial charge in [-0.15, -0.1) is 11.3 Å². The number of carbonyl (C=O) groups is 1. The van der Waals surface area contributed by atoms with Crippen molar-refractivity contribution in [3.05, 3.63) is 27.5 Å². The molecule has 0 bridgehead atoms. The Balaban J connectivity index is 2.21. The van der Waals surface area contributed by atoms with Gasteiger partial charge in [0.25, 0.3) is 5.91 Å². The largest absolute Gasteiger partial charge is 0.481 e. The molecule has 1 aliphatic heterocycles. The Morgan fingerprint density at radius 1 is 1.47 bits per heavy atom. The van der Waals surface area contributed by atoms with Gasteiger partial charge in [-0.25, -0.2) is 4.98 Å². The van der Waals surface area contributed by atoms with Crippen LogP contribution in [-0.4, -0.2) is 24.5 Å². The van der Waals surface area contributed by atoms with E-state index in [1.165, 1.54) is 0 Å². The van der Waals surface area contributed by atoms with E-state index in [-0.39, 0.29) is 12.5 Å². The quantitative estimate of drug-likeness (QED) is 0.811. The number of ether oxygens (including phenoxy) is 1. The van der Waals surface area contributed by atoms with Gasteiger partial charge in [0.05, 0.1) is 16.4 Å². The normalized spacial score (nSPS) is 14.3. The Bertz CT molecular complexity index is 669. The fourth-order valence-corrected chi connectivity index (χ4v) is 2.85. The summed E-state index contributed by atoms with van der Waals surface area (Å²) in [5.41, 5.74) is 2.33. The van der Waals surface area contributed by atoms with Gasteiger partial charge in [0, 0.05) is 23.0 Å². The average Bonchev–Trinajstić information content (AvgIpc) is 2.80. The Morgan fingerprint density at radius 3 is 2.95 bits per heavy atom. The molecule has 0 atom stereocenters. The van der Waals surface area contributed by atoms with Gasteiger partial charge in [0.1, 0.15) is 0 Å². The molecular weight excluding hydrogens is 284 g/mol. The van der Waals surface area contributed by atoms with Crippen molar-refractivity contribution in [2.24, 2.45) is 0 Å². The molecule has 0 spiro atoms. The highest BCUT2D eigenvalue weighted by Gasteiger charge is 2.26. The average molecular weight is 295 g/mol. The summed E-state index contributed by atoms with van der Waals surface area (Å²) in [7, 11) is 1.72. The first-order valence-corrected chi connectivity index (χ1v) is 6.97. The molecule has 1 amide bonds. The number of amides is 1. The summed E-state index contributed by atoms with van der Waals surface area (Å²) in [6, 6.07) is 3.55. The number of benzene rings is 1. The molecular formula is C13H11ClN2O2S. The number of likely N-dealkylation sites (N-methyl/N-ethyl adjacent to an activating group) is 1. The van der Waals surface area contributed by atoms with Gasteiger partial charge in [-0.05, 0) is 19.1 Å². The SMILES string of the molecule is Cc1nc(-c2cc(Cl)cc3c2OCC(=O)N3C)cs1. The molecule has 3 rings (SSSR count). The number of aromatic nitrogens is 1. The van der Waals surface area contributed by atoms with Crippen molar-refractivity contribution >= 4 is 34.5 Å². The highest BCUT2D eigenvalue weighted by Crippen LogP contribution is 2.42. The monoisotopic (exact) mass is 294 g/mol. The van der Waals surface area contributed by atoms with E-state index < -0.39 is 0 Å². The molecule has 1 aromatic heterocycles. The zero-order chi connectivity index (χ0) is 13.6. The zero-order valence-electron chi connectivity index (χ0n) is 10.4. The Kier molecular flexibility index (Phi) is 2.95. The van der Waals surface area contributed by atoms with E-state index in [1.54, 1.807) is 29.4 Å². The highest BCUT2D eigenvalue weighted by atomic mass is 35.5. The van der Waals surface area contributed by atoms with Crippen LogP contribution in [0.25, 0.3) is 11.3 Å². The molecule has 2 heterocycles. The molecule has 0 fully saturated rings. The smallest absolute Gasteiger partial charge is 0.264 e. The topological polar surface area (TPSA) is 42.4 Å². The maximum atomic E-state index is 11.7. The first-order chi connectivity index (χ1) is 9.06. The minimum atomic E-state index is -0.0878. The Hall–Kier alpha value is -1.59. The summed E-state index contributed by atoms with van der Waals surface area (Å²) >= 11 is 7.70. The predicted octanol–water partition coefficient (Wildman–Crippen LogP) is 3.13. The highest BCUT2D eigenvalue weighted by molar-refractivity contribution is 7.09. The fraction of sp³-hybridized carbons (Fsp3) is 0.231. The summed E-state index contributed by atoms with van der Waals surface area (Å²) in [5, 5.41) is 3.50.